The Morgan fingerprint density at radius 2 is 1.96 bits per heavy atom. The van der Waals surface area contributed by atoms with Crippen LogP contribution in [0.4, 0.5) is 19.3 Å². The molecule has 0 aliphatic carbocycles. The molecule has 1 fully saturated rings. The number of anilines is 1. The highest BCUT2D eigenvalue weighted by Gasteiger charge is 2.23. The number of amidine groups is 1. The largest absolute Gasteiger partial charge is 0.387 e. The van der Waals surface area contributed by atoms with Gasteiger partial charge in [0.05, 0.1) is 5.84 Å². The van der Waals surface area contributed by atoms with Crippen molar-refractivity contribution in [3.05, 3.63) is 29.3 Å². The summed E-state index contributed by atoms with van der Waals surface area (Å²) in [5.41, 5.74) is 6.06. The Morgan fingerprint density at radius 1 is 1.32 bits per heavy atom. The zero-order valence-electron chi connectivity index (χ0n) is 16.5. The average Bonchev–Trinajstić information content (AvgIpc) is 2.82. The van der Waals surface area contributed by atoms with E-state index in [1.54, 1.807) is 30.8 Å². The molecule has 0 spiro atoms. The normalized spacial score (nSPS) is 17.8. The van der Waals surface area contributed by atoms with Gasteiger partial charge in [-0.05, 0) is 62.9 Å². The molecule has 0 aromatic heterocycles. The first kappa shape index (κ1) is 22.0. The molecule has 1 aliphatic rings. The van der Waals surface area contributed by atoms with E-state index in [1.807, 2.05) is 0 Å². The van der Waals surface area contributed by atoms with Crippen LogP contribution in [0.25, 0.3) is 0 Å². The van der Waals surface area contributed by atoms with Gasteiger partial charge < -0.3 is 15.5 Å². The molecule has 1 aromatic rings. The number of amides is 2. The van der Waals surface area contributed by atoms with Gasteiger partial charge >= 0.3 is 6.03 Å². The molecule has 0 saturated carbocycles. The van der Waals surface area contributed by atoms with Crippen LogP contribution in [-0.4, -0.2) is 49.1 Å². The number of halogens is 2. The van der Waals surface area contributed by atoms with Gasteiger partial charge in [-0.2, -0.15) is 0 Å². The number of carbonyl (C=O) groups is 1. The van der Waals surface area contributed by atoms with Crippen molar-refractivity contribution < 1.29 is 13.6 Å². The molecule has 0 radical (unpaired) electrons. The van der Waals surface area contributed by atoms with Crippen LogP contribution in [0.3, 0.4) is 0 Å². The highest BCUT2D eigenvalue weighted by molar-refractivity contribution is 7.80. The molecule has 1 heterocycles. The fourth-order valence-electron chi connectivity index (χ4n) is 3.26. The van der Waals surface area contributed by atoms with Crippen LogP contribution >= 0.6 is 12.2 Å². The molecule has 1 aromatic carbocycles. The van der Waals surface area contributed by atoms with Crippen LogP contribution in [0.15, 0.2) is 17.1 Å². The van der Waals surface area contributed by atoms with Crippen LogP contribution in [0, 0.1) is 17.6 Å². The number of carbonyl (C=O) groups excluding carboxylic acids is 1. The third-order valence-electron chi connectivity index (χ3n) is 4.76. The fraction of sp³-hybridized carbons (Fsp3) is 0.526. The molecule has 28 heavy (non-hydrogen) atoms. The standard InChI is InChI=1S/C19H27F2N5OS/c1-12(22)23-18(28)24-19(27)26-7-4-5-13(6-8-26)9-15-16(20)10-14(25(2)3)11-17(15)21/h10-11,13H,4-9H2,1-3H3,(H3,22,23,24,27,28). The van der Waals surface area contributed by atoms with E-state index in [-0.39, 0.29) is 28.5 Å². The maximum atomic E-state index is 14.4. The van der Waals surface area contributed by atoms with E-state index in [0.29, 0.717) is 31.6 Å². The molecular weight excluding hydrogens is 384 g/mol. The SMILES string of the molecule is C/C(N)=N/C(=S)NC(=O)N1CCCC(Cc2c(F)cc(N(C)C)cc2F)CC1. The van der Waals surface area contributed by atoms with Gasteiger partial charge in [-0.3, -0.25) is 5.32 Å². The summed E-state index contributed by atoms with van der Waals surface area (Å²) in [7, 11) is 3.48. The molecule has 9 heteroatoms. The minimum atomic E-state index is -0.525. The van der Waals surface area contributed by atoms with Gasteiger partial charge in [0.25, 0.3) is 0 Å². The Kier molecular flexibility index (Phi) is 7.68. The van der Waals surface area contributed by atoms with Gasteiger partial charge in [-0.1, -0.05) is 0 Å². The van der Waals surface area contributed by atoms with Crippen molar-refractivity contribution in [1.82, 2.24) is 10.2 Å². The zero-order valence-corrected chi connectivity index (χ0v) is 17.3. The summed E-state index contributed by atoms with van der Waals surface area (Å²) in [6, 6.07) is 2.38. The zero-order chi connectivity index (χ0) is 20.8. The minimum absolute atomic E-state index is 0.0240. The van der Waals surface area contributed by atoms with E-state index in [1.165, 1.54) is 12.1 Å². The number of likely N-dealkylation sites (tertiary alicyclic amines) is 1. The number of rotatable bonds is 3. The topological polar surface area (TPSA) is 74.0 Å². The van der Waals surface area contributed by atoms with Gasteiger partial charge in [-0.15, -0.1) is 0 Å². The number of hydrogen-bond donors (Lipinski definition) is 2. The monoisotopic (exact) mass is 411 g/mol. The lowest BCUT2D eigenvalue weighted by molar-refractivity contribution is 0.204. The molecule has 0 bridgehead atoms. The van der Waals surface area contributed by atoms with Gasteiger partial charge in [-0.25, -0.2) is 18.6 Å². The number of thiocarbonyl (C=S) groups is 1. The second kappa shape index (κ2) is 9.77. The summed E-state index contributed by atoms with van der Waals surface area (Å²) < 4.78 is 28.8. The lowest BCUT2D eigenvalue weighted by atomic mass is 9.92. The molecule has 1 atom stereocenters. The Hall–Kier alpha value is -2.29. The highest BCUT2D eigenvalue weighted by Crippen LogP contribution is 2.27. The summed E-state index contributed by atoms with van der Waals surface area (Å²) in [5, 5.41) is 2.56. The number of nitrogens with two attached hydrogens (primary N) is 1. The number of nitrogens with zero attached hydrogens (tertiary/aromatic N) is 3. The highest BCUT2D eigenvalue weighted by atomic mass is 32.1. The van der Waals surface area contributed by atoms with Crippen LogP contribution < -0.4 is 16.0 Å². The molecule has 154 valence electrons. The van der Waals surface area contributed by atoms with Crippen molar-refractivity contribution >= 4 is 34.9 Å². The summed E-state index contributed by atoms with van der Waals surface area (Å²) >= 11 is 4.96. The molecule has 6 nitrogen and oxygen atoms in total. The smallest absolute Gasteiger partial charge is 0.323 e. The maximum Gasteiger partial charge on any atom is 0.323 e. The molecular formula is C19H27F2N5OS. The van der Waals surface area contributed by atoms with Crippen molar-refractivity contribution in [2.24, 2.45) is 16.6 Å². The molecule has 2 amide bonds. The van der Waals surface area contributed by atoms with Crippen molar-refractivity contribution in [3.63, 3.8) is 0 Å². The summed E-state index contributed by atoms with van der Waals surface area (Å²) in [6.45, 7) is 2.63. The van der Waals surface area contributed by atoms with E-state index >= 15 is 0 Å². The van der Waals surface area contributed by atoms with Crippen LogP contribution in [0.1, 0.15) is 31.7 Å². The van der Waals surface area contributed by atoms with Crippen molar-refractivity contribution in [2.45, 2.75) is 32.6 Å². The first-order valence-corrected chi connectivity index (χ1v) is 9.64. The number of urea groups is 1. The van der Waals surface area contributed by atoms with E-state index in [2.05, 4.69) is 10.3 Å². The quantitative estimate of drug-likeness (QED) is 0.456. The Balaban J connectivity index is 1.98. The van der Waals surface area contributed by atoms with E-state index < -0.39 is 11.6 Å². The minimum Gasteiger partial charge on any atom is -0.387 e. The van der Waals surface area contributed by atoms with Crippen molar-refractivity contribution in [2.75, 3.05) is 32.1 Å². The third-order valence-corrected chi connectivity index (χ3v) is 4.95. The molecule has 1 unspecified atom stereocenters. The predicted octanol–water partition coefficient (Wildman–Crippen LogP) is 3.05. The van der Waals surface area contributed by atoms with Gasteiger partial charge in [0.1, 0.15) is 11.6 Å². The van der Waals surface area contributed by atoms with E-state index in [9.17, 15) is 13.6 Å². The Bertz CT molecular complexity index is 742. The number of aliphatic imine (C=N–C) groups is 1. The van der Waals surface area contributed by atoms with Gasteiger partial charge in [0.15, 0.2) is 0 Å². The number of hydrogen-bond acceptors (Lipinski definition) is 3. The van der Waals surface area contributed by atoms with E-state index in [4.69, 9.17) is 18.0 Å². The van der Waals surface area contributed by atoms with Crippen LogP contribution in [0.5, 0.6) is 0 Å². The lowest BCUT2D eigenvalue weighted by Crippen LogP contribution is -2.42. The van der Waals surface area contributed by atoms with Gasteiger partial charge in [0, 0.05) is 38.4 Å². The predicted molar refractivity (Wildman–Crippen MR) is 112 cm³/mol. The van der Waals surface area contributed by atoms with Crippen molar-refractivity contribution in [3.8, 4) is 0 Å². The Morgan fingerprint density at radius 3 is 2.54 bits per heavy atom. The van der Waals surface area contributed by atoms with Gasteiger partial charge in [0.2, 0.25) is 5.11 Å². The molecule has 2 rings (SSSR count). The summed E-state index contributed by atoms with van der Waals surface area (Å²) in [5.74, 6) is -0.681. The Labute approximate surface area is 169 Å². The lowest BCUT2D eigenvalue weighted by Gasteiger charge is -2.21. The summed E-state index contributed by atoms with van der Waals surface area (Å²) in [4.78, 5) is 19.4. The fourth-order valence-corrected chi connectivity index (χ4v) is 3.49. The van der Waals surface area contributed by atoms with Crippen LogP contribution in [-0.2, 0) is 6.42 Å². The molecule has 1 saturated heterocycles. The first-order valence-electron chi connectivity index (χ1n) is 9.23. The molecule has 1 aliphatic heterocycles. The van der Waals surface area contributed by atoms with Crippen LogP contribution in [0.2, 0.25) is 0 Å². The second-order valence-corrected chi connectivity index (χ2v) is 7.65. The summed E-state index contributed by atoms with van der Waals surface area (Å²) in [6.07, 6.45) is 2.52. The number of benzene rings is 1. The average molecular weight is 412 g/mol. The maximum absolute atomic E-state index is 14.4. The number of nitrogens with one attached hydrogen (secondary N) is 1. The van der Waals surface area contributed by atoms with E-state index in [0.717, 1.165) is 12.8 Å². The van der Waals surface area contributed by atoms with Crippen molar-refractivity contribution in [1.29, 1.82) is 0 Å². The first-order chi connectivity index (χ1) is 13.2. The molecule has 3 N–H and O–H groups in total. The third kappa shape index (κ3) is 6.12. The second-order valence-electron chi connectivity index (χ2n) is 7.26.